The van der Waals surface area contributed by atoms with Crippen LogP contribution >= 0.6 is 0 Å². The number of hydrogen-bond acceptors (Lipinski definition) is 7. The zero-order valence-electron chi connectivity index (χ0n) is 35.3. The highest BCUT2D eigenvalue weighted by Gasteiger charge is 2.85. The summed E-state index contributed by atoms with van der Waals surface area (Å²) < 4.78 is 0. The minimum Gasteiger partial charge on any atom is -0.363 e. The molecule has 3 saturated carbocycles. The van der Waals surface area contributed by atoms with Crippen molar-refractivity contribution in [3.05, 3.63) is 0 Å². The van der Waals surface area contributed by atoms with Gasteiger partial charge in [-0.15, -0.1) is 0 Å². The van der Waals surface area contributed by atoms with Crippen molar-refractivity contribution in [1.82, 2.24) is 15.1 Å². The molecule has 0 aromatic heterocycles. The van der Waals surface area contributed by atoms with Gasteiger partial charge in [0.05, 0.1) is 11.6 Å². The second-order valence-electron chi connectivity index (χ2n) is 21.3. The van der Waals surface area contributed by atoms with Crippen LogP contribution in [-0.2, 0) is 28.8 Å². The van der Waals surface area contributed by atoms with Crippen molar-refractivity contribution in [2.45, 2.75) is 164 Å². The number of primary amides is 1. The standard InChI is InChI=1S/C44H72N4O6/c1-39(2,3)30(26-46-38(54)41(7,8)47-19-11-12-20-47)23-31(49)24-32(40(4,5)6)37(53)48-27-44(42(9,10)43(44)17-14-18-43)25-33(48)34(50)22-29(35(51)36(45)52)21-28-15-13-16-28/h28-30,32-33H,11-27H2,1-10H3,(H2,45,52)(H,46,54)/t29?,30-,32-,33+,44-/m1/s1. The number of rotatable bonds is 16. The number of nitrogens with zero attached hydrogens (tertiary/aromatic N) is 2. The van der Waals surface area contributed by atoms with Gasteiger partial charge in [0.1, 0.15) is 5.78 Å². The van der Waals surface area contributed by atoms with Crippen molar-refractivity contribution in [3.63, 3.8) is 0 Å². The van der Waals surface area contributed by atoms with Gasteiger partial charge >= 0.3 is 0 Å². The van der Waals surface area contributed by atoms with E-state index in [9.17, 15) is 24.0 Å². The molecule has 2 heterocycles. The molecule has 54 heavy (non-hydrogen) atoms. The van der Waals surface area contributed by atoms with E-state index < -0.39 is 40.5 Å². The van der Waals surface area contributed by atoms with E-state index in [-0.39, 0.29) is 70.2 Å². The summed E-state index contributed by atoms with van der Waals surface area (Å²) in [5.74, 6) is -3.35. The topological polar surface area (TPSA) is 147 Å². The summed E-state index contributed by atoms with van der Waals surface area (Å²) in [7, 11) is 0. The van der Waals surface area contributed by atoms with Crippen LogP contribution in [0.5, 0.6) is 0 Å². The van der Waals surface area contributed by atoms with Crippen LogP contribution in [0.1, 0.15) is 153 Å². The Kier molecular flexibility index (Phi) is 11.8. The highest BCUT2D eigenvalue weighted by atomic mass is 16.2. The summed E-state index contributed by atoms with van der Waals surface area (Å²) >= 11 is 0. The van der Waals surface area contributed by atoms with Gasteiger partial charge in [-0.05, 0) is 99.0 Å². The van der Waals surface area contributed by atoms with Gasteiger partial charge in [0.15, 0.2) is 5.78 Å². The lowest BCUT2D eigenvalue weighted by Crippen LogP contribution is -2.55. The third kappa shape index (κ3) is 7.72. The van der Waals surface area contributed by atoms with Gasteiger partial charge < -0.3 is 16.0 Å². The zero-order valence-corrected chi connectivity index (χ0v) is 35.3. The van der Waals surface area contributed by atoms with Crippen LogP contribution in [0.2, 0.25) is 0 Å². The molecule has 2 spiro atoms. The first-order chi connectivity index (χ1) is 24.9. The quantitative estimate of drug-likeness (QED) is 0.177. The van der Waals surface area contributed by atoms with Crippen LogP contribution in [0.25, 0.3) is 0 Å². The van der Waals surface area contributed by atoms with Crippen molar-refractivity contribution < 1.29 is 28.8 Å². The van der Waals surface area contributed by atoms with Crippen LogP contribution in [0.15, 0.2) is 0 Å². The van der Waals surface area contributed by atoms with Crippen LogP contribution in [0.4, 0.5) is 0 Å². The number of fused-ring (bicyclic) bond motifs is 1. The first kappa shape index (κ1) is 42.5. The summed E-state index contributed by atoms with van der Waals surface area (Å²) in [6, 6.07) is -0.710. The number of Topliss-reactive ketones (excluding diaryl/α,β-unsaturated/α-hetero) is 3. The van der Waals surface area contributed by atoms with Crippen molar-refractivity contribution >= 4 is 35.1 Å². The molecule has 10 heteroatoms. The smallest absolute Gasteiger partial charge is 0.285 e. The normalized spacial score (nSPS) is 26.9. The number of ketones is 3. The van der Waals surface area contributed by atoms with E-state index >= 15 is 4.79 Å². The maximum absolute atomic E-state index is 15.0. The van der Waals surface area contributed by atoms with E-state index in [0.717, 1.165) is 64.5 Å². The summed E-state index contributed by atoms with van der Waals surface area (Å²) in [5.41, 5.74) is 3.86. The van der Waals surface area contributed by atoms with Gasteiger partial charge in [-0.25, -0.2) is 0 Å². The number of amides is 3. The van der Waals surface area contributed by atoms with Crippen molar-refractivity contribution in [2.24, 2.45) is 56.5 Å². The van der Waals surface area contributed by atoms with E-state index in [1.807, 2.05) is 34.6 Å². The molecule has 1 unspecified atom stereocenters. The lowest BCUT2D eigenvalue weighted by atomic mass is 9.73. The largest absolute Gasteiger partial charge is 0.363 e. The fourth-order valence-electron chi connectivity index (χ4n) is 11.2. The molecule has 3 amide bonds. The van der Waals surface area contributed by atoms with Crippen LogP contribution < -0.4 is 11.1 Å². The minimum absolute atomic E-state index is 0.0251. The monoisotopic (exact) mass is 753 g/mol. The van der Waals surface area contributed by atoms with Gasteiger partial charge in [-0.1, -0.05) is 81.1 Å². The molecule has 0 aromatic rings. The van der Waals surface area contributed by atoms with Crippen LogP contribution in [-0.4, -0.2) is 82.6 Å². The summed E-state index contributed by atoms with van der Waals surface area (Å²) in [6.45, 7) is 23.3. The molecule has 5 rings (SSSR count). The third-order valence-corrected chi connectivity index (χ3v) is 15.8. The van der Waals surface area contributed by atoms with Crippen molar-refractivity contribution in [3.8, 4) is 0 Å². The van der Waals surface area contributed by atoms with Gasteiger partial charge in [0, 0.05) is 49.6 Å². The Balaban J connectivity index is 1.35. The maximum atomic E-state index is 15.0. The van der Waals surface area contributed by atoms with E-state index in [2.05, 4.69) is 44.8 Å². The molecule has 0 bridgehead atoms. The second kappa shape index (κ2) is 15.0. The number of carbonyl (C=O) groups excluding carboxylic acids is 6. The number of nitrogens with one attached hydrogen (secondary N) is 1. The average Bonchev–Trinajstić information content (AvgIpc) is 3.52. The van der Waals surface area contributed by atoms with Gasteiger partial charge in [-0.3, -0.25) is 33.7 Å². The lowest BCUT2D eigenvalue weighted by molar-refractivity contribution is -0.147. The first-order valence-electron chi connectivity index (χ1n) is 21.1. The molecule has 0 radical (unpaired) electrons. The molecule has 3 N–H and O–H groups in total. The average molecular weight is 753 g/mol. The number of hydrogen-bond donors (Lipinski definition) is 2. The molecular weight excluding hydrogens is 681 g/mol. The summed E-state index contributed by atoms with van der Waals surface area (Å²) in [6.07, 6.45) is 9.71. The Bertz CT molecular complexity index is 1490. The van der Waals surface area contributed by atoms with Crippen LogP contribution in [0.3, 0.4) is 0 Å². The zero-order chi connectivity index (χ0) is 40.2. The molecule has 2 aliphatic heterocycles. The predicted molar refractivity (Wildman–Crippen MR) is 210 cm³/mol. The highest BCUT2D eigenvalue weighted by Crippen LogP contribution is 2.88. The maximum Gasteiger partial charge on any atom is 0.285 e. The molecule has 5 atom stereocenters. The number of carbonyl (C=O) groups is 6. The molecule has 0 aromatic carbocycles. The Morgan fingerprint density at radius 2 is 1.41 bits per heavy atom. The lowest BCUT2D eigenvalue weighted by Gasteiger charge is -2.37. The Morgan fingerprint density at radius 1 is 0.796 bits per heavy atom. The van der Waals surface area contributed by atoms with Crippen LogP contribution in [0, 0.1) is 50.7 Å². The molecular formula is C44H72N4O6. The SMILES string of the molecule is CC(C)(C)[C@@H](CNC(=O)C(C)(C)N1CCCC1)CC(=O)C[C@H](C(=O)N1C[C@]2(C[C@H]1C(=O)CC(CC1CCC1)C(=O)C(N)=O)C(C)(C)C21CCC1)C(C)(C)C. The molecule has 10 nitrogen and oxygen atoms in total. The fraction of sp³-hybridized carbons (Fsp3) is 0.864. The first-order valence-corrected chi connectivity index (χ1v) is 21.1. The Hall–Kier alpha value is -2.62. The second-order valence-corrected chi connectivity index (χ2v) is 21.3. The summed E-state index contributed by atoms with van der Waals surface area (Å²) in [4.78, 5) is 86.1. The Morgan fingerprint density at radius 3 is 1.87 bits per heavy atom. The van der Waals surface area contributed by atoms with Gasteiger partial charge in [-0.2, -0.15) is 0 Å². The van der Waals surface area contributed by atoms with Crippen molar-refractivity contribution in [1.29, 1.82) is 0 Å². The van der Waals surface area contributed by atoms with Gasteiger partial charge in [0.2, 0.25) is 17.6 Å². The molecule has 2 saturated heterocycles. The number of nitrogens with two attached hydrogens (primary N) is 1. The predicted octanol–water partition coefficient (Wildman–Crippen LogP) is 6.27. The van der Waals surface area contributed by atoms with E-state index in [4.69, 9.17) is 5.73 Å². The molecule has 304 valence electrons. The van der Waals surface area contributed by atoms with E-state index in [1.165, 1.54) is 0 Å². The summed E-state index contributed by atoms with van der Waals surface area (Å²) in [5, 5.41) is 3.17. The third-order valence-electron chi connectivity index (χ3n) is 15.8. The Labute approximate surface area is 325 Å². The molecule has 5 fully saturated rings. The van der Waals surface area contributed by atoms with E-state index in [0.29, 0.717) is 31.8 Å². The number of likely N-dealkylation sites (tertiary alicyclic amines) is 2. The van der Waals surface area contributed by atoms with E-state index in [1.54, 1.807) is 4.90 Å². The highest BCUT2D eigenvalue weighted by molar-refractivity contribution is 6.36. The molecule has 3 aliphatic carbocycles. The minimum atomic E-state index is -1.01. The van der Waals surface area contributed by atoms with Gasteiger partial charge in [0.25, 0.3) is 5.91 Å². The van der Waals surface area contributed by atoms with Crippen molar-refractivity contribution in [2.75, 3.05) is 26.2 Å². The molecule has 5 aliphatic rings. The fourth-order valence-corrected chi connectivity index (χ4v) is 11.2.